The minimum Gasteiger partial charge on any atom is -0.444 e. The van der Waals surface area contributed by atoms with Crippen LogP contribution in [0.25, 0.3) is 33.4 Å². The highest BCUT2D eigenvalue weighted by molar-refractivity contribution is 7.90. The van der Waals surface area contributed by atoms with Crippen LogP contribution >= 0.6 is 0 Å². The molecule has 0 aliphatic heterocycles. The quantitative estimate of drug-likeness (QED) is 0.401. The summed E-state index contributed by atoms with van der Waals surface area (Å²) < 4.78 is 29.2. The van der Waals surface area contributed by atoms with Crippen LogP contribution in [-0.4, -0.2) is 41.3 Å². The molecule has 0 unspecified atom stereocenters. The van der Waals surface area contributed by atoms with E-state index in [1.165, 1.54) is 6.20 Å². The molecule has 0 bridgehead atoms. The van der Waals surface area contributed by atoms with Crippen molar-refractivity contribution < 1.29 is 17.9 Å². The second kappa shape index (κ2) is 9.42. The van der Waals surface area contributed by atoms with Gasteiger partial charge in [0.25, 0.3) is 0 Å². The van der Waals surface area contributed by atoms with Crippen LogP contribution in [0.5, 0.6) is 0 Å². The van der Waals surface area contributed by atoms with Crippen molar-refractivity contribution in [1.82, 2.24) is 20.3 Å². The van der Waals surface area contributed by atoms with Crippen LogP contribution in [0.3, 0.4) is 0 Å². The van der Waals surface area contributed by atoms with E-state index in [4.69, 9.17) is 9.72 Å². The lowest BCUT2D eigenvalue weighted by Gasteiger charge is -2.19. The van der Waals surface area contributed by atoms with Gasteiger partial charge in [0.1, 0.15) is 5.60 Å². The summed E-state index contributed by atoms with van der Waals surface area (Å²) in [6, 6.07) is 19.3. The number of pyridine rings is 1. The second-order valence-electron chi connectivity index (χ2n) is 9.14. The molecule has 0 aliphatic carbocycles. The highest BCUT2D eigenvalue weighted by Gasteiger charge is 2.17. The van der Waals surface area contributed by atoms with Gasteiger partial charge >= 0.3 is 6.09 Å². The van der Waals surface area contributed by atoms with Gasteiger partial charge < -0.3 is 10.1 Å². The fourth-order valence-corrected chi connectivity index (χ4v) is 3.95. The van der Waals surface area contributed by atoms with Gasteiger partial charge in [0.2, 0.25) is 15.0 Å². The minimum absolute atomic E-state index is 0.264. The third-order valence-corrected chi connectivity index (χ3v) is 5.89. The maximum Gasteiger partial charge on any atom is 0.407 e. The molecular formula is C26H26N4O4S. The van der Waals surface area contributed by atoms with Crippen LogP contribution < -0.4 is 5.32 Å². The van der Waals surface area contributed by atoms with Gasteiger partial charge in [0.15, 0.2) is 5.65 Å². The standard InChI is InChI=1S/C26H26N4O4S/c1-26(2,3)34-25(31)28-15-17-10-12-19(13-11-17)22-21(18-8-6-5-7-9-18)14-20-16-27-24(35(4,32)33)30-23(20)29-22/h5-14,16H,15H2,1-4H3,(H,28,31). The van der Waals surface area contributed by atoms with E-state index in [2.05, 4.69) is 15.3 Å². The second-order valence-corrected chi connectivity index (χ2v) is 11.0. The third kappa shape index (κ3) is 5.99. The Morgan fingerprint density at radius 3 is 2.29 bits per heavy atom. The minimum atomic E-state index is -3.57. The monoisotopic (exact) mass is 490 g/mol. The highest BCUT2D eigenvalue weighted by atomic mass is 32.2. The summed E-state index contributed by atoms with van der Waals surface area (Å²) in [6.07, 6.45) is 2.07. The van der Waals surface area contributed by atoms with E-state index in [-0.39, 0.29) is 5.16 Å². The Morgan fingerprint density at radius 2 is 1.66 bits per heavy atom. The van der Waals surface area contributed by atoms with Crippen LogP contribution in [-0.2, 0) is 21.1 Å². The molecule has 0 radical (unpaired) electrons. The van der Waals surface area contributed by atoms with E-state index in [1.807, 2.05) is 81.4 Å². The molecule has 1 amide bonds. The number of nitrogens with zero attached hydrogens (tertiary/aromatic N) is 3. The van der Waals surface area contributed by atoms with Gasteiger partial charge in [-0.05, 0) is 38.0 Å². The SMILES string of the molecule is CC(C)(C)OC(=O)NCc1ccc(-c2nc3nc(S(C)(=O)=O)ncc3cc2-c2ccccc2)cc1. The smallest absolute Gasteiger partial charge is 0.407 e. The number of sulfone groups is 1. The van der Waals surface area contributed by atoms with Crippen molar-refractivity contribution in [2.45, 2.75) is 38.1 Å². The van der Waals surface area contributed by atoms with Crippen molar-refractivity contribution in [3.63, 3.8) is 0 Å². The van der Waals surface area contributed by atoms with Crippen molar-refractivity contribution in [3.05, 3.63) is 72.4 Å². The number of aromatic nitrogens is 3. The Balaban J connectivity index is 1.71. The summed E-state index contributed by atoms with van der Waals surface area (Å²) in [7, 11) is -3.57. The van der Waals surface area contributed by atoms with Crippen molar-refractivity contribution >= 4 is 27.0 Å². The predicted octanol–water partition coefficient (Wildman–Crippen LogP) is 4.79. The number of hydrogen-bond acceptors (Lipinski definition) is 7. The summed E-state index contributed by atoms with van der Waals surface area (Å²) in [5.74, 6) is 0. The van der Waals surface area contributed by atoms with E-state index >= 15 is 0 Å². The number of carbonyl (C=O) groups excluding carboxylic acids is 1. The molecule has 35 heavy (non-hydrogen) atoms. The van der Waals surface area contributed by atoms with Gasteiger partial charge in [-0.25, -0.2) is 23.2 Å². The van der Waals surface area contributed by atoms with Crippen LogP contribution in [0.2, 0.25) is 0 Å². The van der Waals surface area contributed by atoms with Gasteiger partial charge in [-0.15, -0.1) is 0 Å². The Labute approximate surface area is 204 Å². The van der Waals surface area contributed by atoms with Crippen molar-refractivity contribution in [2.75, 3.05) is 6.26 Å². The average molecular weight is 491 g/mol. The van der Waals surface area contributed by atoms with Crippen molar-refractivity contribution in [2.24, 2.45) is 0 Å². The number of hydrogen-bond donors (Lipinski definition) is 1. The molecule has 9 heteroatoms. The van der Waals surface area contributed by atoms with Gasteiger partial charge in [-0.1, -0.05) is 54.6 Å². The predicted molar refractivity (Wildman–Crippen MR) is 134 cm³/mol. The largest absolute Gasteiger partial charge is 0.444 e. The molecule has 1 N–H and O–H groups in total. The number of ether oxygens (including phenoxy) is 1. The molecule has 2 aromatic carbocycles. The number of nitrogens with one attached hydrogen (secondary N) is 1. The lowest BCUT2D eigenvalue weighted by Crippen LogP contribution is -2.32. The molecule has 180 valence electrons. The maximum absolute atomic E-state index is 12.0. The van der Waals surface area contributed by atoms with Crippen molar-refractivity contribution in [3.8, 4) is 22.4 Å². The van der Waals surface area contributed by atoms with E-state index < -0.39 is 21.5 Å². The highest BCUT2D eigenvalue weighted by Crippen LogP contribution is 2.33. The Kier molecular flexibility index (Phi) is 6.53. The third-order valence-electron chi connectivity index (χ3n) is 5.03. The molecule has 8 nitrogen and oxygen atoms in total. The molecule has 0 saturated carbocycles. The summed E-state index contributed by atoms with van der Waals surface area (Å²) in [6.45, 7) is 5.75. The first kappa shape index (κ1) is 24.3. The van der Waals surface area contributed by atoms with Crippen LogP contribution in [0.1, 0.15) is 26.3 Å². The Morgan fingerprint density at radius 1 is 0.971 bits per heavy atom. The van der Waals surface area contributed by atoms with Crippen molar-refractivity contribution in [1.29, 1.82) is 0 Å². The lowest BCUT2D eigenvalue weighted by atomic mass is 9.98. The summed E-state index contributed by atoms with van der Waals surface area (Å²) in [5.41, 5.74) is 3.94. The average Bonchev–Trinajstić information content (AvgIpc) is 2.81. The molecule has 4 aromatic rings. The first-order valence-corrected chi connectivity index (χ1v) is 12.9. The fraction of sp³-hybridized carbons (Fsp3) is 0.231. The summed E-state index contributed by atoms with van der Waals surface area (Å²) >= 11 is 0. The van der Waals surface area contributed by atoms with Gasteiger partial charge in [-0.2, -0.15) is 4.98 Å². The first-order valence-electron chi connectivity index (χ1n) is 11.0. The first-order chi connectivity index (χ1) is 16.5. The molecular weight excluding hydrogens is 464 g/mol. The fourth-order valence-electron chi connectivity index (χ4n) is 3.45. The lowest BCUT2D eigenvalue weighted by molar-refractivity contribution is 0.0523. The topological polar surface area (TPSA) is 111 Å². The van der Waals surface area contributed by atoms with E-state index in [9.17, 15) is 13.2 Å². The number of carbonyl (C=O) groups is 1. The van der Waals surface area contributed by atoms with Crippen LogP contribution in [0.15, 0.2) is 72.0 Å². The van der Waals surface area contributed by atoms with E-state index in [0.29, 0.717) is 23.3 Å². The Bertz CT molecular complexity index is 1480. The Hall–Kier alpha value is -3.85. The summed E-state index contributed by atoms with van der Waals surface area (Å²) in [4.78, 5) is 24.9. The van der Waals surface area contributed by atoms with Crippen LogP contribution in [0.4, 0.5) is 4.79 Å². The summed E-state index contributed by atoms with van der Waals surface area (Å²) in [5, 5.41) is 3.12. The number of amides is 1. The number of alkyl carbamates (subject to hydrolysis) is 1. The molecule has 2 aromatic heterocycles. The molecule has 4 rings (SSSR count). The van der Waals surface area contributed by atoms with E-state index in [1.54, 1.807) is 0 Å². The molecule has 0 saturated heterocycles. The molecule has 0 spiro atoms. The zero-order valence-corrected chi connectivity index (χ0v) is 20.8. The number of fused-ring (bicyclic) bond motifs is 1. The van der Waals surface area contributed by atoms with Gasteiger partial charge in [-0.3, -0.25) is 0 Å². The van der Waals surface area contributed by atoms with E-state index in [0.717, 1.165) is 28.5 Å². The number of rotatable bonds is 5. The zero-order chi connectivity index (χ0) is 25.2. The van der Waals surface area contributed by atoms with Gasteiger partial charge in [0, 0.05) is 35.5 Å². The zero-order valence-electron chi connectivity index (χ0n) is 19.9. The normalized spacial score (nSPS) is 11.9. The van der Waals surface area contributed by atoms with Crippen LogP contribution in [0, 0.1) is 0 Å². The molecule has 0 fully saturated rings. The molecule has 0 atom stereocenters. The molecule has 2 heterocycles. The molecule has 0 aliphatic rings. The number of benzene rings is 2. The van der Waals surface area contributed by atoms with Gasteiger partial charge in [0.05, 0.1) is 5.69 Å². The maximum atomic E-state index is 12.0.